The van der Waals surface area contributed by atoms with Gasteiger partial charge in [0.25, 0.3) is 11.8 Å². The van der Waals surface area contributed by atoms with E-state index in [4.69, 9.17) is 4.74 Å². The van der Waals surface area contributed by atoms with E-state index in [1.165, 1.54) is 12.1 Å². The van der Waals surface area contributed by atoms with Gasteiger partial charge in [-0.1, -0.05) is 12.1 Å². The molecule has 2 N–H and O–H groups in total. The van der Waals surface area contributed by atoms with Crippen molar-refractivity contribution < 1.29 is 29.0 Å². The molecule has 2 aromatic carbocycles. The van der Waals surface area contributed by atoms with Gasteiger partial charge in [-0.15, -0.1) is 0 Å². The zero-order valence-corrected chi connectivity index (χ0v) is 20.3. The number of aryl methyl sites for hydroxylation is 2. The van der Waals surface area contributed by atoms with E-state index in [0.717, 1.165) is 27.5 Å². The highest BCUT2D eigenvalue weighted by Crippen LogP contribution is 2.32. The highest BCUT2D eigenvalue weighted by molar-refractivity contribution is 6.39. The Morgan fingerprint density at radius 2 is 1.75 bits per heavy atom. The normalized spacial score (nSPS) is 14.8. The highest BCUT2D eigenvalue weighted by atomic mass is 16.5. The molecule has 1 aliphatic rings. The van der Waals surface area contributed by atoms with Crippen molar-refractivity contribution in [1.82, 2.24) is 9.88 Å². The molecule has 0 bridgehead atoms. The summed E-state index contributed by atoms with van der Waals surface area (Å²) in [7, 11) is 0. The minimum Gasteiger partial charge on any atom is -0.492 e. The molecule has 3 aromatic rings. The van der Waals surface area contributed by atoms with Crippen LogP contribution in [0, 0.1) is 20.8 Å². The molecule has 2 heterocycles. The van der Waals surface area contributed by atoms with Crippen molar-refractivity contribution in [3.05, 3.63) is 82.2 Å². The minimum absolute atomic E-state index is 0.183. The number of carboxylic acids is 1. The predicted molar refractivity (Wildman–Crippen MR) is 134 cm³/mol. The van der Waals surface area contributed by atoms with Crippen molar-refractivity contribution in [2.24, 2.45) is 0 Å². The maximum Gasteiger partial charge on any atom is 0.336 e. The van der Waals surface area contributed by atoms with Crippen LogP contribution in [-0.2, 0) is 9.59 Å². The van der Waals surface area contributed by atoms with Crippen LogP contribution in [0.5, 0.6) is 5.75 Å². The molecule has 1 saturated heterocycles. The Morgan fingerprint density at radius 3 is 2.42 bits per heavy atom. The number of nitrogens with one attached hydrogen (secondary N) is 1. The van der Waals surface area contributed by atoms with Crippen LogP contribution in [0.25, 0.3) is 11.8 Å². The number of rotatable bonds is 6. The first-order valence-corrected chi connectivity index (χ1v) is 11.3. The first kappa shape index (κ1) is 24.5. The first-order chi connectivity index (χ1) is 17.1. The number of nitrogens with zero attached hydrogens (tertiary/aromatic N) is 2. The number of ether oxygens (including phenoxy) is 1. The fraction of sp³-hybridized carbons (Fsp3) is 0.185. The Kier molecular flexibility index (Phi) is 6.48. The Morgan fingerprint density at radius 1 is 1.03 bits per heavy atom. The molecule has 0 atom stereocenters. The number of imide groups is 2. The third kappa shape index (κ3) is 4.26. The minimum atomic E-state index is -1.01. The van der Waals surface area contributed by atoms with Gasteiger partial charge in [-0.3, -0.25) is 14.9 Å². The van der Waals surface area contributed by atoms with Crippen LogP contribution < -0.4 is 15.0 Å². The standard InChI is InChI=1S/C27H25N3O6/c1-5-36-23-9-7-6-8-22(23)30-25(32)20(24(31)28-27(30)35)14-19-13-16(3)29(17(19)4)21-11-10-18(26(33)34)12-15(21)2/h6-14H,5H2,1-4H3,(H,33,34)(H,28,31,35)/b20-14+. The summed E-state index contributed by atoms with van der Waals surface area (Å²) in [4.78, 5) is 50.9. The Balaban J connectivity index is 1.77. The van der Waals surface area contributed by atoms with Crippen LogP contribution in [0.2, 0.25) is 0 Å². The molecule has 4 rings (SSSR count). The number of barbiturate groups is 1. The van der Waals surface area contributed by atoms with E-state index in [9.17, 15) is 24.3 Å². The third-order valence-corrected chi connectivity index (χ3v) is 5.96. The second kappa shape index (κ2) is 9.53. The predicted octanol–water partition coefficient (Wildman–Crippen LogP) is 4.17. The van der Waals surface area contributed by atoms with E-state index in [0.29, 0.717) is 17.9 Å². The molecule has 9 nitrogen and oxygen atoms in total. The van der Waals surface area contributed by atoms with Crippen molar-refractivity contribution >= 4 is 35.6 Å². The molecule has 0 spiro atoms. The van der Waals surface area contributed by atoms with E-state index >= 15 is 0 Å². The van der Waals surface area contributed by atoms with E-state index in [-0.39, 0.29) is 16.8 Å². The molecule has 1 aliphatic heterocycles. The van der Waals surface area contributed by atoms with Crippen LogP contribution in [0.15, 0.2) is 54.1 Å². The average Bonchev–Trinajstić information content (AvgIpc) is 3.10. The lowest BCUT2D eigenvalue weighted by atomic mass is 10.1. The molecule has 4 amide bonds. The number of aromatic nitrogens is 1. The van der Waals surface area contributed by atoms with Gasteiger partial charge >= 0.3 is 12.0 Å². The molecule has 0 radical (unpaired) electrons. The Hall–Kier alpha value is -4.66. The summed E-state index contributed by atoms with van der Waals surface area (Å²) >= 11 is 0. The number of amides is 4. The van der Waals surface area contributed by atoms with Gasteiger partial charge in [0.15, 0.2) is 0 Å². The number of carboxylic acid groups (broad SMARTS) is 1. The van der Waals surface area contributed by atoms with Gasteiger partial charge in [0, 0.05) is 17.1 Å². The number of anilines is 1. The lowest BCUT2D eigenvalue weighted by Gasteiger charge is -2.27. The van der Waals surface area contributed by atoms with E-state index in [2.05, 4.69) is 5.32 Å². The van der Waals surface area contributed by atoms with Crippen molar-refractivity contribution in [2.45, 2.75) is 27.7 Å². The number of benzene rings is 2. The molecule has 184 valence electrons. The molecule has 0 unspecified atom stereocenters. The topological polar surface area (TPSA) is 118 Å². The third-order valence-electron chi connectivity index (χ3n) is 5.96. The van der Waals surface area contributed by atoms with E-state index < -0.39 is 23.8 Å². The SMILES string of the molecule is CCOc1ccccc1N1C(=O)NC(=O)/C(=C\c2cc(C)n(-c3ccc(C(=O)O)cc3C)c2C)C1=O. The van der Waals surface area contributed by atoms with E-state index in [1.54, 1.807) is 43.3 Å². The second-order valence-electron chi connectivity index (χ2n) is 8.33. The fourth-order valence-electron chi connectivity index (χ4n) is 4.30. The molecule has 1 aromatic heterocycles. The van der Waals surface area contributed by atoms with Gasteiger partial charge in [-0.05, 0) is 81.3 Å². The van der Waals surface area contributed by atoms with Crippen LogP contribution in [0.4, 0.5) is 10.5 Å². The van der Waals surface area contributed by atoms with Crippen molar-refractivity contribution in [1.29, 1.82) is 0 Å². The smallest absolute Gasteiger partial charge is 0.336 e. The quantitative estimate of drug-likeness (QED) is 0.398. The number of para-hydroxylation sites is 2. The summed E-state index contributed by atoms with van der Waals surface area (Å²) in [6.07, 6.45) is 1.46. The summed E-state index contributed by atoms with van der Waals surface area (Å²) in [5.74, 6) is -2.22. The molecular formula is C27H25N3O6. The number of aromatic carboxylic acids is 1. The highest BCUT2D eigenvalue weighted by Gasteiger charge is 2.38. The van der Waals surface area contributed by atoms with Gasteiger partial charge in [0.1, 0.15) is 11.3 Å². The van der Waals surface area contributed by atoms with Gasteiger partial charge < -0.3 is 14.4 Å². The molecular weight excluding hydrogens is 462 g/mol. The summed E-state index contributed by atoms with van der Waals surface area (Å²) in [6.45, 7) is 7.65. The monoisotopic (exact) mass is 487 g/mol. The lowest BCUT2D eigenvalue weighted by Crippen LogP contribution is -2.54. The Labute approximate surface area is 207 Å². The van der Waals surface area contributed by atoms with Crippen molar-refractivity contribution in [2.75, 3.05) is 11.5 Å². The number of carbonyl (C=O) groups is 4. The first-order valence-electron chi connectivity index (χ1n) is 11.3. The maximum absolute atomic E-state index is 13.4. The van der Waals surface area contributed by atoms with Crippen LogP contribution in [0.3, 0.4) is 0 Å². The number of hydrogen-bond donors (Lipinski definition) is 2. The molecule has 0 saturated carbocycles. The average molecular weight is 488 g/mol. The maximum atomic E-state index is 13.4. The number of hydrogen-bond acceptors (Lipinski definition) is 5. The summed E-state index contributed by atoms with van der Waals surface area (Å²) in [6, 6.07) is 12.4. The Bertz CT molecular complexity index is 1450. The van der Waals surface area contributed by atoms with E-state index in [1.807, 2.05) is 31.4 Å². The largest absolute Gasteiger partial charge is 0.492 e. The fourth-order valence-corrected chi connectivity index (χ4v) is 4.30. The van der Waals surface area contributed by atoms with Gasteiger partial charge in [-0.25, -0.2) is 14.5 Å². The summed E-state index contributed by atoms with van der Waals surface area (Å²) in [5, 5.41) is 11.5. The van der Waals surface area contributed by atoms with Crippen LogP contribution in [-0.4, -0.2) is 40.1 Å². The summed E-state index contributed by atoms with van der Waals surface area (Å²) in [5.41, 5.74) is 3.93. The number of urea groups is 1. The summed E-state index contributed by atoms with van der Waals surface area (Å²) < 4.78 is 7.49. The molecule has 0 aliphatic carbocycles. The van der Waals surface area contributed by atoms with Crippen molar-refractivity contribution in [3.8, 4) is 11.4 Å². The molecule has 1 fully saturated rings. The zero-order chi connectivity index (χ0) is 26.1. The van der Waals surface area contributed by atoms with Crippen LogP contribution >= 0.6 is 0 Å². The van der Waals surface area contributed by atoms with Gasteiger partial charge in [0.05, 0.1) is 17.9 Å². The van der Waals surface area contributed by atoms with Crippen molar-refractivity contribution in [3.63, 3.8) is 0 Å². The van der Waals surface area contributed by atoms with Gasteiger partial charge in [-0.2, -0.15) is 0 Å². The molecule has 36 heavy (non-hydrogen) atoms. The van der Waals surface area contributed by atoms with Crippen LogP contribution in [0.1, 0.15) is 39.8 Å². The lowest BCUT2D eigenvalue weighted by molar-refractivity contribution is -0.122. The molecule has 9 heteroatoms. The number of carbonyl (C=O) groups excluding carboxylic acids is 3. The zero-order valence-electron chi connectivity index (χ0n) is 20.3. The van der Waals surface area contributed by atoms with Gasteiger partial charge in [0.2, 0.25) is 0 Å². The second-order valence-corrected chi connectivity index (χ2v) is 8.33.